The van der Waals surface area contributed by atoms with Crippen LogP contribution >= 0.6 is 11.6 Å². The van der Waals surface area contributed by atoms with Gasteiger partial charge >= 0.3 is 5.97 Å². The zero-order valence-corrected chi connectivity index (χ0v) is 11.7. The number of hydrogen-bond acceptors (Lipinski definition) is 4. The van der Waals surface area contributed by atoms with Gasteiger partial charge in [-0.2, -0.15) is 0 Å². The number of nitrogens with zero attached hydrogens (tertiary/aromatic N) is 2. The van der Waals surface area contributed by atoms with Crippen molar-refractivity contribution in [2.45, 2.75) is 6.54 Å². The first-order valence-corrected chi connectivity index (χ1v) is 6.45. The van der Waals surface area contributed by atoms with Crippen molar-refractivity contribution in [2.24, 2.45) is 5.73 Å². The summed E-state index contributed by atoms with van der Waals surface area (Å²) in [5.41, 5.74) is 5.86. The van der Waals surface area contributed by atoms with Gasteiger partial charge in [-0.05, 0) is 18.2 Å². The van der Waals surface area contributed by atoms with E-state index in [9.17, 15) is 9.59 Å². The molecule has 0 unspecified atom stereocenters. The fourth-order valence-electron chi connectivity index (χ4n) is 1.69. The summed E-state index contributed by atoms with van der Waals surface area (Å²) >= 11 is 5.94. The number of halogens is 1. The number of anilines is 1. The Hall–Kier alpha value is -2.38. The molecule has 8 heteroatoms. The minimum atomic E-state index is -1.10. The molecule has 7 nitrogen and oxygen atoms in total. The normalized spacial score (nSPS) is 10.4. The number of nitrogens with one attached hydrogen (secondary N) is 1. The molecule has 1 aromatic carbocycles. The third-order valence-electron chi connectivity index (χ3n) is 2.71. The van der Waals surface area contributed by atoms with Gasteiger partial charge in [0.1, 0.15) is 5.69 Å². The van der Waals surface area contributed by atoms with Crippen LogP contribution in [-0.2, 0) is 6.54 Å². The number of carbonyl (C=O) groups is 2. The molecule has 1 aromatic heterocycles. The number of rotatable bonds is 5. The zero-order chi connectivity index (χ0) is 15.4. The van der Waals surface area contributed by atoms with Crippen molar-refractivity contribution in [2.75, 3.05) is 11.9 Å². The molecule has 2 rings (SSSR count). The number of aromatic carboxylic acids is 1. The van der Waals surface area contributed by atoms with Gasteiger partial charge in [-0.15, -0.1) is 0 Å². The van der Waals surface area contributed by atoms with Crippen LogP contribution in [0.5, 0.6) is 0 Å². The van der Waals surface area contributed by atoms with E-state index in [1.165, 1.54) is 24.5 Å². The molecule has 110 valence electrons. The lowest BCUT2D eigenvalue weighted by Gasteiger charge is -2.06. The summed E-state index contributed by atoms with van der Waals surface area (Å²) in [5.74, 6) is -1.58. The molecule has 0 radical (unpaired) electrons. The Morgan fingerprint density at radius 2 is 2.19 bits per heavy atom. The van der Waals surface area contributed by atoms with Gasteiger partial charge in [-0.1, -0.05) is 11.6 Å². The van der Waals surface area contributed by atoms with Gasteiger partial charge in [0.15, 0.2) is 0 Å². The van der Waals surface area contributed by atoms with Gasteiger partial charge in [0, 0.05) is 19.3 Å². The largest absolute Gasteiger partial charge is 0.478 e. The Morgan fingerprint density at radius 1 is 1.43 bits per heavy atom. The lowest BCUT2D eigenvalue weighted by molar-refractivity contribution is 0.0696. The Morgan fingerprint density at radius 3 is 2.86 bits per heavy atom. The minimum Gasteiger partial charge on any atom is -0.478 e. The van der Waals surface area contributed by atoms with E-state index in [2.05, 4.69) is 10.3 Å². The van der Waals surface area contributed by atoms with Gasteiger partial charge in [0.25, 0.3) is 5.91 Å². The summed E-state index contributed by atoms with van der Waals surface area (Å²) in [7, 11) is 0. The van der Waals surface area contributed by atoms with Crippen molar-refractivity contribution in [1.29, 1.82) is 0 Å². The second kappa shape index (κ2) is 6.38. The van der Waals surface area contributed by atoms with E-state index >= 15 is 0 Å². The smallest absolute Gasteiger partial charge is 0.335 e. The second-order valence-electron chi connectivity index (χ2n) is 4.24. The van der Waals surface area contributed by atoms with Gasteiger partial charge in [-0.3, -0.25) is 4.79 Å². The summed E-state index contributed by atoms with van der Waals surface area (Å²) in [6.07, 6.45) is 3.05. The van der Waals surface area contributed by atoms with Gasteiger partial charge in [-0.25, -0.2) is 9.78 Å². The van der Waals surface area contributed by atoms with Crippen LogP contribution in [0.25, 0.3) is 0 Å². The van der Waals surface area contributed by atoms with Gasteiger partial charge in [0.05, 0.1) is 22.6 Å². The minimum absolute atomic E-state index is 0.0309. The highest BCUT2D eigenvalue weighted by molar-refractivity contribution is 6.34. The molecular weight excluding hydrogens is 296 g/mol. The van der Waals surface area contributed by atoms with Crippen molar-refractivity contribution in [1.82, 2.24) is 9.55 Å². The molecule has 0 aliphatic heterocycles. The molecule has 0 fully saturated rings. The molecule has 1 amide bonds. The summed E-state index contributed by atoms with van der Waals surface area (Å²) in [6, 6.07) is 4.06. The molecule has 2 aromatic rings. The molecule has 0 aliphatic rings. The Kier molecular flexibility index (Phi) is 4.56. The molecule has 0 saturated carbocycles. The van der Waals surface area contributed by atoms with E-state index in [4.69, 9.17) is 22.4 Å². The number of benzene rings is 1. The Bertz CT molecular complexity index is 684. The van der Waals surface area contributed by atoms with Crippen LogP contribution in [0.15, 0.2) is 30.7 Å². The molecule has 0 saturated heterocycles. The molecule has 0 bridgehead atoms. The van der Waals surface area contributed by atoms with E-state index in [-0.39, 0.29) is 22.0 Å². The van der Waals surface area contributed by atoms with Crippen molar-refractivity contribution in [3.05, 3.63) is 47.0 Å². The number of carboxylic acids is 1. The lowest BCUT2D eigenvalue weighted by Crippen LogP contribution is -2.13. The van der Waals surface area contributed by atoms with Crippen LogP contribution < -0.4 is 11.1 Å². The maximum absolute atomic E-state index is 12.0. The average Bonchev–Trinajstić information content (AvgIpc) is 2.90. The maximum atomic E-state index is 12.0. The topological polar surface area (TPSA) is 110 Å². The predicted molar refractivity (Wildman–Crippen MR) is 77.6 cm³/mol. The zero-order valence-electron chi connectivity index (χ0n) is 10.9. The first kappa shape index (κ1) is 15.0. The fourth-order valence-corrected chi connectivity index (χ4v) is 1.85. The predicted octanol–water partition coefficient (Wildman–Crippen LogP) is 1.45. The lowest BCUT2D eigenvalue weighted by atomic mass is 10.2. The van der Waals surface area contributed by atoms with Crippen molar-refractivity contribution in [3.8, 4) is 0 Å². The summed E-state index contributed by atoms with van der Waals surface area (Å²) in [5, 5.41) is 11.7. The Labute approximate surface area is 125 Å². The quantitative estimate of drug-likeness (QED) is 0.774. The molecule has 0 spiro atoms. The number of carbonyl (C=O) groups excluding carboxylic acids is 1. The second-order valence-corrected chi connectivity index (χ2v) is 4.65. The molecule has 0 aliphatic carbocycles. The van der Waals surface area contributed by atoms with Crippen LogP contribution in [0.4, 0.5) is 5.69 Å². The van der Waals surface area contributed by atoms with Crippen molar-refractivity contribution >= 4 is 29.2 Å². The Balaban J connectivity index is 2.18. The van der Waals surface area contributed by atoms with Crippen LogP contribution in [0.1, 0.15) is 20.8 Å². The molecule has 21 heavy (non-hydrogen) atoms. The molecular formula is C13H13ClN4O3. The van der Waals surface area contributed by atoms with Crippen LogP contribution in [-0.4, -0.2) is 33.1 Å². The van der Waals surface area contributed by atoms with Crippen LogP contribution in [0.2, 0.25) is 5.02 Å². The molecule has 1 heterocycles. The average molecular weight is 309 g/mol. The van der Waals surface area contributed by atoms with E-state index in [0.29, 0.717) is 13.1 Å². The highest BCUT2D eigenvalue weighted by Crippen LogP contribution is 2.23. The monoisotopic (exact) mass is 308 g/mol. The fraction of sp³-hybridized carbons (Fsp3) is 0.154. The standard InChI is InChI=1S/C13H13ClN4O3/c14-9-2-1-8(13(20)21)5-10(9)17-12(19)11-6-18(4-3-15)7-16-11/h1-2,5-7H,3-4,15H2,(H,17,19)(H,20,21). The van der Waals surface area contributed by atoms with Crippen LogP contribution in [0, 0.1) is 0 Å². The van der Waals surface area contributed by atoms with Gasteiger partial charge < -0.3 is 20.7 Å². The van der Waals surface area contributed by atoms with E-state index in [1.807, 2.05) is 0 Å². The first-order valence-electron chi connectivity index (χ1n) is 6.07. The highest BCUT2D eigenvalue weighted by Gasteiger charge is 2.13. The number of aromatic nitrogens is 2. The third kappa shape index (κ3) is 3.59. The molecule has 0 atom stereocenters. The summed E-state index contributed by atoms with van der Waals surface area (Å²) < 4.78 is 1.68. The summed E-state index contributed by atoms with van der Waals surface area (Å²) in [6.45, 7) is 0.986. The SMILES string of the molecule is NCCn1cnc(C(=O)Nc2cc(C(=O)O)ccc2Cl)c1. The maximum Gasteiger partial charge on any atom is 0.335 e. The molecule has 4 N–H and O–H groups in total. The summed E-state index contributed by atoms with van der Waals surface area (Å²) in [4.78, 5) is 26.9. The van der Waals surface area contributed by atoms with E-state index < -0.39 is 11.9 Å². The van der Waals surface area contributed by atoms with Gasteiger partial charge in [0.2, 0.25) is 0 Å². The van der Waals surface area contributed by atoms with Crippen molar-refractivity contribution < 1.29 is 14.7 Å². The number of nitrogens with two attached hydrogens (primary N) is 1. The first-order chi connectivity index (χ1) is 10.0. The van der Waals surface area contributed by atoms with E-state index in [0.717, 1.165) is 0 Å². The van der Waals surface area contributed by atoms with E-state index in [1.54, 1.807) is 10.8 Å². The number of carboxylic acid groups (broad SMARTS) is 1. The van der Waals surface area contributed by atoms with Crippen molar-refractivity contribution in [3.63, 3.8) is 0 Å². The van der Waals surface area contributed by atoms with Crippen LogP contribution in [0.3, 0.4) is 0 Å². The number of hydrogen-bond donors (Lipinski definition) is 3. The highest BCUT2D eigenvalue weighted by atomic mass is 35.5. The number of amides is 1. The third-order valence-corrected chi connectivity index (χ3v) is 3.04. The number of imidazole rings is 1.